The van der Waals surface area contributed by atoms with Crippen molar-refractivity contribution in [2.24, 2.45) is 0 Å². The van der Waals surface area contributed by atoms with E-state index in [1.807, 2.05) is 30.0 Å². The third-order valence-corrected chi connectivity index (χ3v) is 5.02. The van der Waals surface area contributed by atoms with Crippen LogP contribution in [0.25, 0.3) is 0 Å². The van der Waals surface area contributed by atoms with Crippen molar-refractivity contribution in [3.63, 3.8) is 0 Å². The summed E-state index contributed by atoms with van der Waals surface area (Å²) < 4.78 is 0. The smallest absolute Gasteiger partial charge is 0.253 e. The summed E-state index contributed by atoms with van der Waals surface area (Å²) in [5.41, 5.74) is 4.70. The second kappa shape index (κ2) is 8.71. The predicted molar refractivity (Wildman–Crippen MR) is 109 cm³/mol. The lowest BCUT2D eigenvalue weighted by molar-refractivity contribution is -0.114. The van der Waals surface area contributed by atoms with E-state index in [1.54, 1.807) is 24.3 Å². The molecule has 3 rings (SSSR count). The van der Waals surface area contributed by atoms with E-state index in [1.165, 1.54) is 17.5 Å². The van der Waals surface area contributed by atoms with E-state index in [0.717, 1.165) is 31.6 Å². The second-order valence-corrected chi connectivity index (χ2v) is 7.13. The number of carbonyl (C=O) groups is 2. The first-order valence-electron chi connectivity index (χ1n) is 9.53. The summed E-state index contributed by atoms with van der Waals surface area (Å²) in [4.78, 5) is 26.5. The van der Waals surface area contributed by atoms with E-state index in [0.29, 0.717) is 11.3 Å². The Balaban J connectivity index is 1.52. The average Bonchev–Trinajstić information content (AvgIpc) is 2.69. The summed E-state index contributed by atoms with van der Waals surface area (Å²) in [6.45, 7) is 5.97. The molecule has 0 unspecified atom stereocenters. The highest BCUT2D eigenvalue weighted by Crippen LogP contribution is 2.16. The average molecular weight is 365 g/mol. The Labute approximate surface area is 160 Å². The maximum atomic E-state index is 12.5. The van der Waals surface area contributed by atoms with Crippen LogP contribution in [0.15, 0.2) is 42.5 Å². The number of carbonyl (C=O) groups excluding carboxylic acids is 2. The molecule has 5 nitrogen and oxygen atoms in total. The largest absolute Gasteiger partial charge is 0.376 e. The molecule has 2 N–H and O–H groups in total. The molecule has 2 aromatic carbocycles. The van der Waals surface area contributed by atoms with Gasteiger partial charge in [-0.1, -0.05) is 6.07 Å². The fourth-order valence-corrected chi connectivity index (χ4v) is 3.21. The zero-order valence-electron chi connectivity index (χ0n) is 16.0. The predicted octanol–water partition coefficient (Wildman–Crippen LogP) is 3.98. The van der Waals surface area contributed by atoms with Crippen LogP contribution in [0.4, 0.5) is 11.4 Å². The van der Waals surface area contributed by atoms with E-state index in [9.17, 15) is 9.59 Å². The van der Waals surface area contributed by atoms with E-state index in [4.69, 9.17) is 0 Å². The lowest BCUT2D eigenvalue weighted by atomic mass is 10.1. The van der Waals surface area contributed by atoms with Crippen LogP contribution in [0.2, 0.25) is 0 Å². The highest BCUT2D eigenvalue weighted by Gasteiger charge is 2.17. The molecule has 0 bridgehead atoms. The molecule has 0 radical (unpaired) electrons. The van der Waals surface area contributed by atoms with Crippen LogP contribution in [-0.2, 0) is 4.79 Å². The first-order chi connectivity index (χ1) is 13.0. The number of rotatable bonds is 5. The maximum absolute atomic E-state index is 12.5. The number of benzene rings is 2. The lowest BCUT2D eigenvalue weighted by Crippen LogP contribution is -2.35. The Morgan fingerprint density at radius 1 is 0.889 bits per heavy atom. The summed E-state index contributed by atoms with van der Waals surface area (Å²) in [6, 6.07) is 13.2. The molecule has 5 heteroatoms. The molecular weight excluding hydrogens is 338 g/mol. The quantitative estimate of drug-likeness (QED) is 0.842. The van der Waals surface area contributed by atoms with Gasteiger partial charge in [-0.2, -0.15) is 0 Å². The van der Waals surface area contributed by atoms with Gasteiger partial charge in [-0.3, -0.25) is 9.59 Å². The number of nitrogens with zero attached hydrogens (tertiary/aromatic N) is 1. The van der Waals surface area contributed by atoms with Crippen LogP contribution in [-0.4, -0.2) is 36.3 Å². The summed E-state index contributed by atoms with van der Waals surface area (Å²) in [6.07, 6.45) is 3.35. The van der Waals surface area contributed by atoms with Crippen LogP contribution in [0, 0.1) is 13.8 Å². The third-order valence-electron chi connectivity index (χ3n) is 5.02. The van der Waals surface area contributed by atoms with Gasteiger partial charge >= 0.3 is 0 Å². The van der Waals surface area contributed by atoms with Gasteiger partial charge in [-0.25, -0.2) is 0 Å². The van der Waals surface area contributed by atoms with Gasteiger partial charge in [0, 0.05) is 30.0 Å². The molecule has 0 spiro atoms. The molecular formula is C22H27N3O2. The SMILES string of the molecule is Cc1ccc(NCC(=O)Nc2ccc(C(=O)N3CCCCC3)cc2)cc1C. The van der Waals surface area contributed by atoms with Crippen molar-refractivity contribution in [1.29, 1.82) is 0 Å². The number of anilines is 2. The monoisotopic (exact) mass is 365 g/mol. The topological polar surface area (TPSA) is 61.4 Å². The molecule has 1 aliphatic heterocycles. The highest BCUT2D eigenvalue weighted by atomic mass is 16.2. The normalized spacial score (nSPS) is 13.9. The Kier molecular flexibility index (Phi) is 6.12. The first-order valence-corrected chi connectivity index (χ1v) is 9.53. The fourth-order valence-electron chi connectivity index (χ4n) is 3.21. The molecule has 27 heavy (non-hydrogen) atoms. The second-order valence-electron chi connectivity index (χ2n) is 7.13. The highest BCUT2D eigenvalue weighted by molar-refractivity contribution is 5.96. The minimum atomic E-state index is -0.122. The molecule has 0 aromatic heterocycles. The summed E-state index contributed by atoms with van der Waals surface area (Å²) in [5.74, 6) is -0.0488. The third kappa shape index (κ3) is 5.09. The zero-order chi connectivity index (χ0) is 19.2. The Morgan fingerprint density at radius 2 is 1.56 bits per heavy atom. The van der Waals surface area contributed by atoms with Gasteiger partial charge in [-0.15, -0.1) is 0 Å². The number of hydrogen-bond donors (Lipinski definition) is 2. The van der Waals surface area contributed by atoms with Crippen LogP contribution < -0.4 is 10.6 Å². The van der Waals surface area contributed by atoms with Gasteiger partial charge in [0.05, 0.1) is 6.54 Å². The Morgan fingerprint density at radius 3 is 2.22 bits per heavy atom. The van der Waals surface area contributed by atoms with Crippen molar-refractivity contribution in [3.05, 3.63) is 59.2 Å². The van der Waals surface area contributed by atoms with Crippen molar-refractivity contribution in [3.8, 4) is 0 Å². The maximum Gasteiger partial charge on any atom is 0.253 e. The van der Waals surface area contributed by atoms with Crippen LogP contribution in [0.5, 0.6) is 0 Å². The molecule has 1 saturated heterocycles. The minimum Gasteiger partial charge on any atom is -0.376 e. The molecule has 1 fully saturated rings. The number of piperidine rings is 1. The molecule has 2 aromatic rings. The van der Waals surface area contributed by atoms with Gasteiger partial charge in [0.25, 0.3) is 5.91 Å². The van der Waals surface area contributed by atoms with Crippen molar-refractivity contribution in [2.75, 3.05) is 30.3 Å². The number of nitrogens with one attached hydrogen (secondary N) is 2. The number of likely N-dealkylation sites (tertiary alicyclic amines) is 1. The van der Waals surface area contributed by atoms with E-state index in [-0.39, 0.29) is 18.4 Å². The number of amides is 2. The van der Waals surface area contributed by atoms with Gasteiger partial charge in [0.1, 0.15) is 0 Å². The standard InChI is InChI=1S/C22H27N3O2/c1-16-6-9-20(14-17(16)2)23-15-21(26)24-19-10-7-18(8-11-19)22(27)25-12-4-3-5-13-25/h6-11,14,23H,3-5,12-13,15H2,1-2H3,(H,24,26). The summed E-state index contributed by atoms with van der Waals surface area (Å²) in [7, 11) is 0. The van der Waals surface area contributed by atoms with Gasteiger partial charge in [-0.05, 0) is 80.6 Å². The molecule has 0 atom stereocenters. The minimum absolute atomic E-state index is 0.0731. The van der Waals surface area contributed by atoms with Gasteiger partial charge in [0.2, 0.25) is 5.91 Å². The van der Waals surface area contributed by atoms with Crippen molar-refractivity contribution in [1.82, 2.24) is 4.90 Å². The number of aryl methyl sites for hydroxylation is 2. The van der Waals surface area contributed by atoms with E-state index in [2.05, 4.69) is 17.6 Å². The van der Waals surface area contributed by atoms with Crippen molar-refractivity contribution < 1.29 is 9.59 Å². The van der Waals surface area contributed by atoms with Crippen LogP contribution >= 0.6 is 0 Å². The van der Waals surface area contributed by atoms with E-state index < -0.39 is 0 Å². The molecule has 1 aliphatic rings. The van der Waals surface area contributed by atoms with Gasteiger partial charge in [0.15, 0.2) is 0 Å². The number of hydrogen-bond acceptors (Lipinski definition) is 3. The summed E-state index contributed by atoms with van der Waals surface area (Å²) in [5, 5.41) is 5.99. The van der Waals surface area contributed by atoms with Gasteiger partial charge < -0.3 is 15.5 Å². The van der Waals surface area contributed by atoms with Crippen LogP contribution in [0.3, 0.4) is 0 Å². The van der Waals surface area contributed by atoms with Crippen LogP contribution in [0.1, 0.15) is 40.7 Å². The Bertz CT molecular complexity index is 809. The molecule has 2 amide bonds. The zero-order valence-corrected chi connectivity index (χ0v) is 16.0. The first kappa shape index (κ1) is 19.0. The Hall–Kier alpha value is -2.82. The molecule has 0 aliphatic carbocycles. The lowest BCUT2D eigenvalue weighted by Gasteiger charge is -2.26. The fraction of sp³-hybridized carbons (Fsp3) is 0.364. The van der Waals surface area contributed by atoms with E-state index >= 15 is 0 Å². The summed E-state index contributed by atoms with van der Waals surface area (Å²) >= 11 is 0. The van der Waals surface area contributed by atoms with Crippen molar-refractivity contribution >= 4 is 23.2 Å². The molecule has 142 valence electrons. The van der Waals surface area contributed by atoms with Crippen molar-refractivity contribution in [2.45, 2.75) is 33.1 Å². The molecule has 0 saturated carbocycles. The molecule has 1 heterocycles.